The van der Waals surface area contributed by atoms with Crippen molar-refractivity contribution in [3.8, 4) is 5.75 Å². The van der Waals surface area contributed by atoms with Crippen LogP contribution in [0.25, 0.3) is 6.08 Å². The SMILES string of the molecule is CCOC(=O)CCNC(=O)/C(=C\c1ccccc1)NC(=O)c1ccc(OCC)cc1. The third-order valence-electron chi connectivity index (χ3n) is 3.95. The summed E-state index contributed by atoms with van der Waals surface area (Å²) in [6.07, 6.45) is 1.62. The topological polar surface area (TPSA) is 93.7 Å². The van der Waals surface area contributed by atoms with Crippen LogP contribution in [-0.4, -0.2) is 37.5 Å². The van der Waals surface area contributed by atoms with Crippen molar-refractivity contribution in [1.82, 2.24) is 10.6 Å². The van der Waals surface area contributed by atoms with E-state index >= 15 is 0 Å². The molecule has 0 spiro atoms. The van der Waals surface area contributed by atoms with Gasteiger partial charge in [-0.3, -0.25) is 14.4 Å². The normalized spacial score (nSPS) is 10.8. The molecule has 7 nitrogen and oxygen atoms in total. The zero-order valence-electron chi connectivity index (χ0n) is 17.1. The van der Waals surface area contributed by atoms with Gasteiger partial charge in [0.05, 0.1) is 19.6 Å². The number of amides is 2. The van der Waals surface area contributed by atoms with Gasteiger partial charge < -0.3 is 20.1 Å². The highest BCUT2D eigenvalue weighted by Crippen LogP contribution is 2.13. The van der Waals surface area contributed by atoms with Crippen LogP contribution in [-0.2, 0) is 14.3 Å². The van der Waals surface area contributed by atoms with Gasteiger partial charge in [0, 0.05) is 12.1 Å². The number of carbonyl (C=O) groups excluding carboxylic acids is 3. The molecule has 0 aliphatic carbocycles. The van der Waals surface area contributed by atoms with E-state index in [1.807, 2.05) is 37.3 Å². The first-order valence-electron chi connectivity index (χ1n) is 9.78. The van der Waals surface area contributed by atoms with Crippen molar-refractivity contribution in [2.75, 3.05) is 19.8 Å². The molecule has 0 radical (unpaired) electrons. The summed E-state index contributed by atoms with van der Waals surface area (Å²) in [5, 5.41) is 5.28. The van der Waals surface area contributed by atoms with Crippen molar-refractivity contribution in [3.05, 3.63) is 71.4 Å². The molecule has 0 bridgehead atoms. The number of carbonyl (C=O) groups is 3. The Kier molecular flexibility index (Phi) is 9.12. The highest BCUT2D eigenvalue weighted by atomic mass is 16.5. The molecule has 0 unspecified atom stereocenters. The van der Waals surface area contributed by atoms with Crippen LogP contribution in [0.2, 0.25) is 0 Å². The standard InChI is InChI=1S/C23H26N2O5/c1-3-29-19-12-10-18(11-13-19)22(27)25-20(16-17-8-6-5-7-9-17)23(28)24-15-14-21(26)30-4-2/h5-13,16H,3-4,14-15H2,1-2H3,(H,24,28)(H,25,27)/b20-16+. The lowest BCUT2D eigenvalue weighted by atomic mass is 10.1. The Labute approximate surface area is 176 Å². The Balaban J connectivity index is 2.11. The first-order chi connectivity index (χ1) is 14.5. The summed E-state index contributed by atoms with van der Waals surface area (Å²) in [5.74, 6) is -0.668. The van der Waals surface area contributed by atoms with Crippen LogP contribution >= 0.6 is 0 Å². The molecule has 7 heteroatoms. The Morgan fingerprint density at radius 1 is 0.933 bits per heavy atom. The Bertz CT molecular complexity index is 876. The van der Waals surface area contributed by atoms with Crippen molar-refractivity contribution >= 4 is 23.9 Å². The third kappa shape index (κ3) is 7.43. The number of hydrogen-bond donors (Lipinski definition) is 2. The number of nitrogens with one attached hydrogen (secondary N) is 2. The van der Waals surface area contributed by atoms with E-state index in [0.29, 0.717) is 17.9 Å². The molecule has 0 heterocycles. The Morgan fingerprint density at radius 2 is 1.63 bits per heavy atom. The van der Waals surface area contributed by atoms with Crippen molar-refractivity contribution in [1.29, 1.82) is 0 Å². The average molecular weight is 410 g/mol. The molecule has 2 aromatic carbocycles. The van der Waals surface area contributed by atoms with Crippen molar-refractivity contribution in [2.24, 2.45) is 0 Å². The van der Waals surface area contributed by atoms with Crippen LogP contribution in [0.5, 0.6) is 5.75 Å². The molecule has 30 heavy (non-hydrogen) atoms. The van der Waals surface area contributed by atoms with Crippen molar-refractivity contribution < 1.29 is 23.9 Å². The maximum atomic E-state index is 12.6. The smallest absolute Gasteiger partial charge is 0.307 e. The zero-order valence-corrected chi connectivity index (χ0v) is 17.1. The molecule has 2 N–H and O–H groups in total. The van der Waals surface area contributed by atoms with Gasteiger partial charge in [-0.05, 0) is 49.8 Å². The molecule has 2 rings (SSSR count). The number of esters is 1. The predicted molar refractivity (Wildman–Crippen MR) is 114 cm³/mol. The fourth-order valence-electron chi connectivity index (χ4n) is 2.54. The van der Waals surface area contributed by atoms with Gasteiger partial charge in [0.2, 0.25) is 0 Å². The maximum absolute atomic E-state index is 12.6. The number of ether oxygens (including phenoxy) is 2. The molecular weight excluding hydrogens is 384 g/mol. The predicted octanol–water partition coefficient (Wildman–Crippen LogP) is 2.93. The lowest BCUT2D eigenvalue weighted by Gasteiger charge is -2.11. The van der Waals surface area contributed by atoms with Gasteiger partial charge in [-0.25, -0.2) is 0 Å². The van der Waals surface area contributed by atoms with Crippen LogP contribution in [0.4, 0.5) is 0 Å². The number of hydrogen-bond acceptors (Lipinski definition) is 5. The second-order valence-corrected chi connectivity index (χ2v) is 6.19. The fraction of sp³-hybridized carbons (Fsp3) is 0.261. The minimum absolute atomic E-state index is 0.0467. The summed E-state index contributed by atoms with van der Waals surface area (Å²) in [5.41, 5.74) is 1.21. The number of benzene rings is 2. The number of rotatable bonds is 10. The van der Waals surface area contributed by atoms with Gasteiger partial charge in [0.1, 0.15) is 11.4 Å². The van der Waals surface area contributed by atoms with E-state index in [0.717, 1.165) is 5.56 Å². The van der Waals surface area contributed by atoms with Crippen LogP contribution in [0.1, 0.15) is 36.2 Å². The second kappa shape index (κ2) is 12.1. The Morgan fingerprint density at radius 3 is 2.27 bits per heavy atom. The van der Waals surface area contributed by atoms with Gasteiger partial charge in [-0.1, -0.05) is 30.3 Å². The van der Waals surface area contributed by atoms with Gasteiger partial charge >= 0.3 is 5.97 Å². The van der Waals surface area contributed by atoms with E-state index in [1.165, 1.54) is 0 Å². The highest BCUT2D eigenvalue weighted by molar-refractivity contribution is 6.05. The fourth-order valence-corrected chi connectivity index (χ4v) is 2.54. The third-order valence-corrected chi connectivity index (χ3v) is 3.95. The van der Waals surface area contributed by atoms with E-state index in [4.69, 9.17) is 9.47 Å². The van der Waals surface area contributed by atoms with Gasteiger partial charge in [-0.15, -0.1) is 0 Å². The minimum Gasteiger partial charge on any atom is -0.494 e. The molecule has 0 saturated carbocycles. The Hall–Kier alpha value is -3.61. The van der Waals surface area contributed by atoms with Gasteiger partial charge in [0.25, 0.3) is 11.8 Å². The molecule has 2 aromatic rings. The van der Waals surface area contributed by atoms with Crippen LogP contribution in [0, 0.1) is 0 Å². The lowest BCUT2D eigenvalue weighted by Crippen LogP contribution is -2.36. The van der Waals surface area contributed by atoms with E-state index in [2.05, 4.69) is 10.6 Å². The summed E-state index contributed by atoms with van der Waals surface area (Å²) in [4.78, 5) is 36.7. The first-order valence-corrected chi connectivity index (χ1v) is 9.78. The summed E-state index contributed by atoms with van der Waals surface area (Å²) in [6.45, 7) is 4.50. The van der Waals surface area contributed by atoms with Crippen molar-refractivity contribution in [2.45, 2.75) is 20.3 Å². The van der Waals surface area contributed by atoms with Gasteiger partial charge in [0.15, 0.2) is 0 Å². The van der Waals surface area contributed by atoms with E-state index in [9.17, 15) is 14.4 Å². The van der Waals surface area contributed by atoms with Crippen LogP contribution < -0.4 is 15.4 Å². The molecule has 0 aliphatic rings. The summed E-state index contributed by atoms with van der Waals surface area (Å²) < 4.78 is 10.2. The maximum Gasteiger partial charge on any atom is 0.307 e. The average Bonchev–Trinajstić information content (AvgIpc) is 2.75. The molecule has 0 aromatic heterocycles. The van der Waals surface area contributed by atoms with E-state index in [-0.39, 0.29) is 25.3 Å². The molecule has 0 fully saturated rings. The van der Waals surface area contributed by atoms with E-state index < -0.39 is 17.8 Å². The van der Waals surface area contributed by atoms with E-state index in [1.54, 1.807) is 37.3 Å². The van der Waals surface area contributed by atoms with Crippen LogP contribution in [0.15, 0.2) is 60.3 Å². The minimum atomic E-state index is -0.498. The summed E-state index contributed by atoms with van der Waals surface area (Å²) in [7, 11) is 0. The molecular formula is C23H26N2O5. The summed E-state index contributed by atoms with van der Waals surface area (Å²) in [6, 6.07) is 15.8. The molecule has 0 saturated heterocycles. The lowest BCUT2D eigenvalue weighted by molar-refractivity contribution is -0.143. The molecule has 158 valence electrons. The largest absolute Gasteiger partial charge is 0.494 e. The molecule has 0 atom stereocenters. The van der Waals surface area contributed by atoms with Crippen molar-refractivity contribution in [3.63, 3.8) is 0 Å². The quantitative estimate of drug-likeness (QED) is 0.464. The summed E-state index contributed by atoms with van der Waals surface area (Å²) >= 11 is 0. The van der Waals surface area contributed by atoms with Gasteiger partial charge in [-0.2, -0.15) is 0 Å². The monoisotopic (exact) mass is 410 g/mol. The first kappa shape index (κ1) is 22.7. The zero-order chi connectivity index (χ0) is 21.8. The molecule has 0 aliphatic heterocycles. The second-order valence-electron chi connectivity index (χ2n) is 6.19. The molecule has 2 amide bonds. The van der Waals surface area contributed by atoms with Crippen LogP contribution in [0.3, 0.4) is 0 Å². The highest BCUT2D eigenvalue weighted by Gasteiger charge is 2.15.